The lowest BCUT2D eigenvalue weighted by Gasteiger charge is -2.01. The van der Waals surface area contributed by atoms with E-state index in [1.54, 1.807) is 18.3 Å². The highest BCUT2D eigenvalue weighted by molar-refractivity contribution is 5.60. The smallest absolute Gasteiger partial charge is 0.195 e. The van der Waals surface area contributed by atoms with Crippen LogP contribution in [-0.4, -0.2) is 4.98 Å². The number of rotatable bonds is 1. The van der Waals surface area contributed by atoms with Crippen molar-refractivity contribution in [1.29, 1.82) is 0 Å². The Bertz CT molecular complexity index is 449. The third kappa shape index (κ3) is 1.28. The maximum absolute atomic E-state index is 13.2. The maximum atomic E-state index is 13.2. The summed E-state index contributed by atoms with van der Waals surface area (Å²) in [6.07, 6.45) is 1.58. The Labute approximate surface area is 78.2 Å². The minimum absolute atomic E-state index is 0.0221. The Hall–Kier alpha value is -1.71. The van der Waals surface area contributed by atoms with Gasteiger partial charge in [0.05, 0.1) is 0 Å². The fourth-order valence-electron chi connectivity index (χ4n) is 1.23. The number of aromatic amines is 1. The van der Waals surface area contributed by atoms with Crippen molar-refractivity contribution in [3.05, 3.63) is 47.9 Å². The highest BCUT2D eigenvalue weighted by atomic mass is 19.2. The summed E-state index contributed by atoms with van der Waals surface area (Å²) in [5.74, 6) is -3.80. The zero-order valence-corrected chi connectivity index (χ0v) is 7.02. The van der Waals surface area contributed by atoms with Gasteiger partial charge in [-0.2, -0.15) is 0 Å². The van der Waals surface area contributed by atoms with E-state index in [9.17, 15) is 13.2 Å². The van der Waals surface area contributed by atoms with Gasteiger partial charge in [-0.25, -0.2) is 13.2 Å². The van der Waals surface area contributed by atoms with Gasteiger partial charge in [-0.1, -0.05) is 0 Å². The molecule has 1 nitrogen and oxygen atoms in total. The molecule has 1 heterocycles. The molecule has 0 bridgehead atoms. The van der Waals surface area contributed by atoms with Crippen LogP contribution in [0.15, 0.2) is 30.5 Å². The minimum Gasteiger partial charge on any atom is -0.361 e. The lowest BCUT2D eigenvalue weighted by molar-refractivity contribution is 0.449. The first kappa shape index (κ1) is 8.87. The van der Waals surface area contributed by atoms with Crippen molar-refractivity contribution in [2.24, 2.45) is 0 Å². The Morgan fingerprint density at radius 1 is 0.929 bits per heavy atom. The predicted octanol–water partition coefficient (Wildman–Crippen LogP) is 3.10. The molecule has 72 valence electrons. The zero-order valence-electron chi connectivity index (χ0n) is 7.02. The van der Waals surface area contributed by atoms with Crippen LogP contribution in [0.4, 0.5) is 13.2 Å². The van der Waals surface area contributed by atoms with Crippen LogP contribution in [-0.2, 0) is 0 Å². The molecule has 4 heteroatoms. The lowest BCUT2D eigenvalue weighted by Crippen LogP contribution is -1.93. The molecule has 0 unspecified atom stereocenters. The average molecular weight is 197 g/mol. The van der Waals surface area contributed by atoms with Gasteiger partial charge >= 0.3 is 0 Å². The molecule has 0 aliphatic carbocycles. The molecule has 0 fully saturated rings. The minimum atomic E-state index is -1.45. The number of nitrogens with one attached hydrogen (secondary N) is 1. The number of halogens is 3. The Kier molecular flexibility index (Phi) is 2.04. The molecule has 1 aromatic heterocycles. The number of benzene rings is 1. The number of hydrogen-bond donors (Lipinski definition) is 1. The summed E-state index contributed by atoms with van der Waals surface area (Å²) in [7, 11) is 0. The van der Waals surface area contributed by atoms with Crippen LogP contribution in [0.5, 0.6) is 0 Å². The van der Waals surface area contributed by atoms with Crippen LogP contribution in [0.25, 0.3) is 11.3 Å². The van der Waals surface area contributed by atoms with Gasteiger partial charge in [-0.05, 0) is 24.3 Å². The molecule has 1 N–H and O–H groups in total. The van der Waals surface area contributed by atoms with Gasteiger partial charge in [0, 0.05) is 17.5 Å². The van der Waals surface area contributed by atoms with Crippen LogP contribution < -0.4 is 0 Å². The Morgan fingerprint density at radius 2 is 1.71 bits per heavy atom. The van der Waals surface area contributed by atoms with E-state index in [1.165, 1.54) is 6.07 Å². The summed E-state index contributed by atoms with van der Waals surface area (Å²) >= 11 is 0. The molecule has 0 spiro atoms. The SMILES string of the molecule is Fc1ccc(-c2ccc[nH]2)c(F)c1F. The summed E-state index contributed by atoms with van der Waals surface area (Å²) in [5, 5.41) is 0. The largest absolute Gasteiger partial charge is 0.361 e. The standard InChI is InChI=1S/C10H6F3N/c11-7-4-3-6(9(12)10(7)13)8-2-1-5-14-8/h1-5,14H. The van der Waals surface area contributed by atoms with Crippen LogP contribution in [0.2, 0.25) is 0 Å². The number of hydrogen-bond acceptors (Lipinski definition) is 0. The highest BCUT2D eigenvalue weighted by Crippen LogP contribution is 2.24. The average Bonchev–Trinajstić information content (AvgIpc) is 2.67. The number of aromatic nitrogens is 1. The first-order valence-electron chi connectivity index (χ1n) is 3.97. The Morgan fingerprint density at radius 3 is 2.36 bits per heavy atom. The second-order valence-electron chi connectivity index (χ2n) is 2.81. The fourth-order valence-corrected chi connectivity index (χ4v) is 1.23. The molecule has 0 saturated carbocycles. The highest BCUT2D eigenvalue weighted by Gasteiger charge is 2.14. The van der Waals surface area contributed by atoms with E-state index >= 15 is 0 Å². The summed E-state index contributed by atoms with van der Waals surface area (Å²) in [4.78, 5) is 2.71. The molecule has 0 aliphatic rings. The van der Waals surface area contributed by atoms with E-state index in [4.69, 9.17) is 0 Å². The van der Waals surface area contributed by atoms with E-state index in [0.29, 0.717) is 5.69 Å². The van der Waals surface area contributed by atoms with Crippen LogP contribution in [0.1, 0.15) is 0 Å². The van der Waals surface area contributed by atoms with Crippen molar-refractivity contribution in [1.82, 2.24) is 4.98 Å². The molecule has 2 aromatic rings. The third-order valence-electron chi connectivity index (χ3n) is 1.92. The van der Waals surface area contributed by atoms with E-state index in [0.717, 1.165) is 6.07 Å². The van der Waals surface area contributed by atoms with Crippen molar-refractivity contribution in [3.63, 3.8) is 0 Å². The topological polar surface area (TPSA) is 15.8 Å². The monoisotopic (exact) mass is 197 g/mol. The summed E-state index contributed by atoms with van der Waals surface area (Å²) in [5.41, 5.74) is 0.440. The summed E-state index contributed by atoms with van der Waals surface area (Å²) in [6.45, 7) is 0. The molecule has 1 aromatic carbocycles. The molecule has 0 radical (unpaired) electrons. The molecule has 0 saturated heterocycles. The third-order valence-corrected chi connectivity index (χ3v) is 1.92. The second-order valence-corrected chi connectivity index (χ2v) is 2.81. The van der Waals surface area contributed by atoms with Crippen molar-refractivity contribution in [2.75, 3.05) is 0 Å². The predicted molar refractivity (Wildman–Crippen MR) is 46.1 cm³/mol. The van der Waals surface area contributed by atoms with Gasteiger partial charge in [-0.3, -0.25) is 0 Å². The van der Waals surface area contributed by atoms with E-state index < -0.39 is 17.5 Å². The molecular weight excluding hydrogens is 191 g/mol. The first-order valence-corrected chi connectivity index (χ1v) is 3.97. The molecular formula is C10H6F3N. The van der Waals surface area contributed by atoms with Gasteiger partial charge < -0.3 is 4.98 Å². The normalized spacial score (nSPS) is 10.5. The lowest BCUT2D eigenvalue weighted by atomic mass is 10.1. The molecule has 0 aliphatic heterocycles. The van der Waals surface area contributed by atoms with E-state index in [2.05, 4.69) is 4.98 Å². The van der Waals surface area contributed by atoms with Gasteiger partial charge in [-0.15, -0.1) is 0 Å². The van der Waals surface area contributed by atoms with Crippen molar-refractivity contribution in [3.8, 4) is 11.3 Å². The fraction of sp³-hybridized carbons (Fsp3) is 0. The van der Waals surface area contributed by atoms with Crippen molar-refractivity contribution in [2.45, 2.75) is 0 Å². The van der Waals surface area contributed by atoms with Gasteiger partial charge in [0.2, 0.25) is 0 Å². The first-order chi connectivity index (χ1) is 6.70. The molecule has 2 rings (SSSR count). The molecule has 14 heavy (non-hydrogen) atoms. The quantitative estimate of drug-likeness (QED) is 0.676. The van der Waals surface area contributed by atoms with Crippen LogP contribution in [0, 0.1) is 17.5 Å². The summed E-state index contributed by atoms with van der Waals surface area (Å²) < 4.78 is 38.6. The molecule has 0 atom stereocenters. The van der Waals surface area contributed by atoms with Crippen molar-refractivity contribution < 1.29 is 13.2 Å². The zero-order chi connectivity index (χ0) is 10.1. The van der Waals surface area contributed by atoms with Gasteiger partial charge in [0.15, 0.2) is 17.5 Å². The summed E-state index contributed by atoms with van der Waals surface area (Å²) in [6, 6.07) is 5.32. The van der Waals surface area contributed by atoms with Crippen molar-refractivity contribution >= 4 is 0 Å². The Balaban J connectivity index is 2.61. The van der Waals surface area contributed by atoms with Gasteiger partial charge in [0.25, 0.3) is 0 Å². The van der Waals surface area contributed by atoms with Gasteiger partial charge in [0.1, 0.15) is 0 Å². The van der Waals surface area contributed by atoms with E-state index in [-0.39, 0.29) is 5.56 Å². The van der Waals surface area contributed by atoms with Crippen LogP contribution >= 0.6 is 0 Å². The maximum Gasteiger partial charge on any atom is 0.195 e. The van der Waals surface area contributed by atoms with Crippen LogP contribution in [0.3, 0.4) is 0 Å². The van der Waals surface area contributed by atoms with E-state index in [1.807, 2.05) is 0 Å². The second kappa shape index (κ2) is 3.21. The molecule has 0 amide bonds. The number of H-pyrrole nitrogens is 1.